The molecule has 6 heteroatoms. The lowest BCUT2D eigenvalue weighted by Crippen LogP contribution is -2.31. The molecule has 1 aromatic carbocycles. The van der Waals surface area contributed by atoms with E-state index in [2.05, 4.69) is 4.99 Å². The number of aliphatic hydroxyl groups is 1. The van der Waals surface area contributed by atoms with Crippen LogP contribution in [-0.4, -0.2) is 52.5 Å². The molecule has 2 amide bonds. The molecule has 1 rings (SSSR count). The summed E-state index contributed by atoms with van der Waals surface area (Å²) in [6.07, 6.45) is 0.302. The van der Waals surface area contributed by atoms with Gasteiger partial charge in [0.2, 0.25) is 0 Å². The number of carbonyl (C=O) groups excluding carboxylic acids is 1. The normalized spacial score (nSPS) is 11.6. The Labute approximate surface area is 117 Å². The van der Waals surface area contributed by atoms with E-state index < -0.39 is 17.5 Å². The van der Waals surface area contributed by atoms with E-state index in [-0.39, 0.29) is 12.2 Å². The van der Waals surface area contributed by atoms with Crippen LogP contribution in [-0.2, 0) is 0 Å². The van der Waals surface area contributed by atoms with Gasteiger partial charge in [-0.3, -0.25) is 9.79 Å². The van der Waals surface area contributed by atoms with Crippen molar-refractivity contribution in [3.8, 4) is 0 Å². The zero-order valence-electron chi connectivity index (χ0n) is 11.7. The Kier molecular flexibility index (Phi) is 4.99. The largest absolute Gasteiger partial charge is 0.465 e. The number of aliphatic hydroxyl groups excluding tert-OH is 1. The Morgan fingerprint density at radius 2 is 1.85 bits per heavy atom. The quantitative estimate of drug-likeness (QED) is 0.819. The lowest BCUT2D eigenvalue weighted by atomic mass is 10.1. The van der Waals surface area contributed by atoms with Crippen molar-refractivity contribution in [3.05, 3.63) is 35.4 Å². The number of hydrogen-bond donors (Lipinski definition) is 2. The van der Waals surface area contributed by atoms with E-state index >= 15 is 0 Å². The van der Waals surface area contributed by atoms with Crippen molar-refractivity contribution in [2.24, 2.45) is 4.99 Å². The lowest BCUT2D eigenvalue weighted by molar-refractivity contribution is 0.0782. The van der Waals surface area contributed by atoms with Crippen molar-refractivity contribution in [1.82, 2.24) is 4.90 Å². The second-order valence-electron chi connectivity index (χ2n) is 5.00. The van der Waals surface area contributed by atoms with Crippen LogP contribution in [0.4, 0.5) is 4.79 Å². The van der Waals surface area contributed by atoms with Gasteiger partial charge in [0.15, 0.2) is 0 Å². The van der Waals surface area contributed by atoms with Crippen LogP contribution in [0.15, 0.2) is 29.3 Å². The smallest absolute Gasteiger partial charge is 0.414 e. The predicted molar refractivity (Wildman–Crippen MR) is 75.3 cm³/mol. The number of amides is 2. The summed E-state index contributed by atoms with van der Waals surface area (Å²) in [4.78, 5) is 27.3. The van der Waals surface area contributed by atoms with Gasteiger partial charge < -0.3 is 10.2 Å². The molecule has 0 fully saturated rings. The monoisotopic (exact) mass is 278 g/mol. The molecule has 108 valence electrons. The minimum absolute atomic E-state index is 0.0660. The topological polar surface area (TPSA) is 90.2 Å². The standard InChI is InChI=1S/C14H18N2O4/c1-14(2,9-17)15-8-10-4-6-11(7-5-10)12(18)16(3)13(19)20/h4-8,17H,9H2,1-3H3,(H,19,20). The number of hydrogen-bond acceptors (Lipinski definition) is 4. The molecule has 0 heterocycles. The summed E-state index contributed by atoms with van der Waals surface area (Å²) in [5, 5.41) is 17.8. The SMILES string of the molecule is CN(C(=O)O)C(=O)c1ccc(C=NC(C)(C)CO)cc1. The third-order valence-electron chi connectivity index (χ3n) is 2.70. The molecule has 0 saturated carbocycles. The van der Waals surface area contributed by atoms with Gasteiger partial charge in [0.1, 0.15) is 0 Å². The van der Waals surface area contributed by atoms with Gasteiger partial charge in [-0.2, -0.15) is 0 Å². The van der Waals surface area contributed by atoms with Crippen molar-refractivity contribution in [3.63, 3.8) is 0 Å². The molecule has 0 aliphatic rings. The molecule has 0 unspecified atom stereocenters. The Hall–Kier alpha value is -2.21. The number of imide groups is 1. The molecule has 1 aromatic rings. The average molecular weight is 278 g/mol. The molecule has 0 radical (unpaired) electrons. The van der Waals surface area contributed by atoms with Crippen LogP contribution in [0, 0.1) is 0 Å². The Bertz CT molecular complexity index is 520. The Balaban J connectivity index is 2.85. The molecule has 20 heavy (non-hydrogen) atoms. The average Bonchev–Trinajstić information content (AvgIpc) is 2.44. The highest BCUT2D eigenvalue weighted by Crippen LogP contribution is 2.09. The van der Waals surface area contributed by atoms with Crippen LogP contribution in [0.2, 0.25) is 0 Å². The van der Waals surface area contributed by atoms with E-state index in [1.807, 2.05) is 0 Å². The molecule has 0 aliphatic heterocycles. The third kappa shape index (κ3) is 4.17. The maximum absolute atomic E-state index is 11.7. The van der Waals surface area contributed by atoms with Gasteiger partial charge in [-0.15, -0.1) is 0 Å². The maximum atomic E-state index is 11.7. The van der Waals surface area contributed by atoms with Crippen molar-refractivity contribution >= 4 is 18.2 Å². The van der Waals surface area contributed by atoms with Gasteiger partial charge in [-0.1, -0.05) is 12.1 Å². The molecule has 0 bridgehead atoms. The second-order valence-corrected chi connectivity index (χ2v) is 5.00. The summed E-state index contributed by atoms with van der Waals surface area (Å²) in [6.45, 7) is 3.52. The summed E-state index contributed by atoms with van der Waals surface area (Å²) < 4.78 is 0. The molecule has 2 N–H and O–H groups in total. The van der Waals surface area contributed by atoms with E-state index in [9.17, 15) is 9.59 Å². The van der Waals surface area contributed by atoms with Gasteiger partial charge in [0, 0.05) is 18.8 Å². The van der Waals surface area contributed by atoms with E-state index in [1.165, 1.54) is 19.2 Å². The van der Waals surface area contributed by atoms with Crippen molar-refractivity contribution in [1.29, 1.82) is 0 Å². The molecule has 0 saturated heterocycles. The minimum Gasteiger partial charge on any atom is -0.465 e. The van der Waals surface area contributed by atoms with Gasteiger partial charge in [-0.05, 0) is 31.5 Å². The highest BCUT2D eigenvalue weighted by atomic mass is 16.4. The number of carboxylic acid groups (broad SMARTS) is 1. The van der Waals surface area contributed by atoms with E-state index in [4.69, 9.17) is 10.2 Å². The van der Waals surface area contributed by atoms with Gasteiger partial charge >= 0.3 is 6.09 Å². The fraction of sp³-hybridized carbons (Fsp3) is 0.357. The second kappa shape index (κ2) is 6.29. The molecule has 0 aliphatic carbocycles. The summed E-state index contributed by atoms with van der Waals surface area (Å²) in [5.74, 6) is -0.586. The number of aliphatic imine (C=N–C) groups is 1. The van der Waals surface area contributed by atoms with Crippen molar-refractivity contribution < 1.29 is 19.8 Å². The van der Waals surface area contributed by atoms with Crippen LogP contribution in [0.25, 0.3) is 0 Å². The number of carbonyl (C=O) groups is 2. The van der Waals surface area contributed by atoms with Crippen LogP contribution in [0.3, 0.4) is 0 Å². The minimum atomic E-state index is -1.30. The first kappa shape index (κ1) is 15.8. The Morgan fingerprint density at radius 3 is 2.30 bits per heavy atom. The first-order chi connectivity index (χ1) is 9.26. The summed E-state index contributed by atoms with van der Waals surface area (Å²) in [7, 11) is 1.20. The molecule has 0 aromatic heterocycles. The Morgan fingerprint density at radius 1 is 1.30 bits per heavy atom. The summed E-state index contributed by atoms with van der Waals surface area (Å²) in [6, 6.07) is 6.41. The molecule has 6 nitrogen and oxygen atoms in total. The highest BCUT2D eigenvalue weighted by molar-refractivity contribution is 6.02. The zero-order chi connectivity index (χ0) is 15.3. The molecular weight excluding hydrogens is 260 g/mol. The van der Waals surface area contributed by atoms with Gasteiger partial charge in [0.25, 0.3) is 5.91 Å². The molecule has 0 spiro atoms. The number of nitrogens with zero attached hydrogens (tertiary/aromatic N) is 2. The summed E-state index contributed by atoms with van der Waals surface area (Å²) in [5.41, 5.74) is 0.493. The first-order valence-electron chi connectivity index (χ1n) is 6.04. The predicted octanol–water partition coefficient (Wildman–Crippen LogP) is 1.63. The van der Waals surface area contributed by atoms with Crippen LogP contribution in [0.1, 0.15) is 29.8 Å². The van der Waals surface area contributed by atoms with Crippen LogP contribution >= 0.6 is 0 Å². The fourth-order valence-corrected chi connectivity index (χ4v) is 1.28. The summed E-state index contributed by atoms with van der Waals surface area (Å²) >= 11 is 0. The zero-order valence-corrected chi connectivity index (χ0v) is 11.7. The van der Waals surface area contributed by atoms with Crippen LogP contribution in [0.5, 0.6) is 0 Å². The molecular formula is C14H18N2O4. The van der Waals surface area contributed by atoms with Crippen LogP contribution < -0.4 is 0 Å². The van der Waals surface area contributed by atoms with Crippen molar-refractivity contribution in [2.75, 3.05) is 13.7 Å². The van der Waals surface area contributed by atoms with Gasteiger partial charge in [0.05, 0.1) is 12.1 Å². The number of benzene rings is 1. The van der Waals surface area contributed by atoms with E-state index in [1.54, 1.807) is 32.2 Å². The van der Waals surface area contributed by atoms with Crippen molar-refractivity contribution in [2.45, 2.75) is 19.4 Å². The first-order valence-corrected chi connectivity index (χ1v) is 6.04. The maximum Gasteiger partial charge on any atom is 0.414 e. The van der Waals surface area contributed by atoms with E-state index in [0.29, 0.717) is 4.90 Å². The van der Waals surface area contributed by atoms with Gasteiger partial charge in [-0.25, -0.2) is 9.69 Å². The fourth-order valence-electron chi connectivity index (χ4n) is 1.28. The number of rotatable bonds is 4. The van der Waals surface area contributed by atoms with E-state index in [0.717, 1.165) is 5.56 Å². The third-order valence-corrected chi connectivity index (χ3v) is 2.70. The molecule has 0 atom stereocenters. The highest BCUT2D eigenvalue weighted by Gasteiger charge is 2.17. The lowest BCUT2D eigenvalue weighted by Gasteiger charge is -2.15.